The summed E-state index contributed by atoms with van der Waals surface area (Å²) in [5.74, 6) is 0.0789. The molecule has 0 aliphatic rings. The highest BCUT2D eigenvalue weighted by atomic mass is 32.1. The van der Waals surface area contributed by atoms with Crippen LogP contribution in [0.25, 0.3) is 11.4 Å². The van der Waals surface area contributed by atoms with E-state index < -0.39 is 5.97 Å². The zero-order chi connectivity index (χ0) is 18.5. The van der Waals surface area contributed by atoms with Gasteiger partial charge in [-0.15, -0.1) is 11.3 Å². The summed E-state index contributed by atoms with van der Waals surface area (Å²) in [4.78, 5) is 27.3. The highest BCUT2D eigenvalue weighted by Gasteiger charge is 2.15. The molecule has 0 radical (unpaired) electrons. The first-order valence-electron chi connectivity index (χ1n) is 7.64. The number of hydrogen-bond acceptors (Lipinski definition) is 7. The van der Waals surface area contributed by atoms with Crippen LogP contribution < -0.4 is 10.1 Å². The zero-order valence-corrected chi connectivity index (χ0v) is 14.6. The topological polar surface area (TPSA) is 115 Å². The third-order valence-electron chi connectivity index (χ3n) is 3.53. The van der Waals surface area contributed by atoms with E-state index in [1.807, 2.05) is 12.1 Å². The van der Waals surface area contributed by atoms with Crippen molar-refractivity contribution in [3.8, 4) is 17.1 Å². The second-order valence-electron chi connectivity index (χ2n) is 5.26. The number of amides is 1. The van der Waals surface area contributed by atoms with Gasteiger partial charge in [0.2, 0.25) is 17.6 Å². The number of benzene rings is 1. The van der Waals surface area contributed by atoms with Crippen LogP contribution in [0.4, 0.5) is 5.00 Å². The lowest BCUT2D eigenvalue weighted by molar-refractivity contribution is -0.116. The van der Waals surface area contributed by atoms with Gasteiger partial charge in [-0.1, -0.05) is 5.16 Å². The molecule has 0 bridgehead atoms. The Bertz CT molecular complexity index is 917. The molecule has 3 rings (SSSR count). The van der Waals surface area contributed by atoms with Crippen molar-refractivity contribution >= 4 is 28.2 Å². The van der Waals surface area contributed by atoms with E-state index in [9.17, 15) is 9.59 Å². The Kier molecular flexibility index (Phi) is 5.28. The van der Waals surface area contributed by atoms with Gasteiger partial charge in [0.1, 0.15) is 10.8 Å². The molecule has 0 saturated carbocycles. The number of aryl methyl sites for hydroxylation is 1. The summed E-state index contributed by atoms with van der Waals surface area (Å²) in [5.41, 5.74) is 0.845. The van der Waals surface area contributed by atoms with Gasteiger partial charge in [0.05, 0.1) is 12.7 Å². The maximum Gasteiger partial charge on any atom is 0.338 e. The first-order valence-corrected chi connectivity index (χ1v) is 8.52. The number of aromatic nitrogens is 2. The molecule has 1 aromatic carbocycles. The van der Waals surface area contributed by atoms with Gasteiger partial charge < -0.3 is 19.7 Å². The average molecular weight is 373 g/mol. The zero-order valence-electron chi connectivity index (χ0n) is 13.8. The van der Waals surface area contributed by atoms with Crippen LogP contribution in [0.3, 0.4) is 0 Å². The minimum absolute atomic E-state index is 0.0722. The third-order valence-corrected chi connectivity index (χ3v) is 4.36. The number of hydrogen-bond donors (Lipinski definition) is 2. The minimum atomic E-state index is -1.08. The molecule has 134 valence electrons. The molecule has 26 heavy (non-hydrogen) atoms. The molecular weight excluding hydrogens is 358 g/mol. The second-order valence-corrected chi connectivity index (χ2v) is 6.17. The number of anilines is 1. The predicted molar refractivity (Wildman–Crippen MR) is 94.5 cm³/mol. The molecule has 8 nitrogen and oxygen atoms in total. The Labute approximate surface area is 152 Å². The Hall–Kier alpha value is -3.20. The molecule has 0 fully saturated rings. The van der Waals surface area contributed by atoms with Gasteiger partial charge in [-0.2, -0.15) is 4.98 Å². The maximum atomic E-state index is 12.0. The lowest BCUT2D eigenvalue weighted by Gasteiger charge is -2.02. The summed E-state index contributed by atoms with van der Waals surface area (Å²) in [6.07, 6.45) is 0.351. The van der Waals surface area contributed by atoms with E-state index in [1.165, 1.54) is 6.07 Å². The van der Waals surface area contributed by atoms with Crippen LogP contribution in [0.5, 0.6) is 5.75 Å². The van der Waals surface area contributed by atoms with Gasteiger partial charge in [0.15, 0.2) is 0 Å². The highest BCUT2D eigenvalue weighted by molar-refractivity contribution is 7.14. The molecule has 3 aromatic rings. The number of carboxylic acids is 1. The van der Waals surface area contributed by atoms with Gasteiger partial charge >= 0.3 is 5.97 Å². The largest absolute Gasteiger partial charge is 0.497 e. The lowest BCUT2D eigenvalue weighted by Crippen LogP contribution is -2.13. The number of carbonyl (C=O) groups excluding carboxylic acids is 1. The molecule has 1 amide bonds. The van der Waals surface area contributed by atoms with Crippen LogP contribution in [0.15, 0.2) is 40.2 Å². The first kappa shape index (κ1) is 17.6. The van der Waals surface area contributed by atoms with E-state index in [0.717, 1.165) is 22.6 Å². The number of carboxylic acid groups (broad SMARTS) is 1. The van der Waals surface area contributed by atoms with Gasteiger partial charge in [0.25, 0.3) is 0 Å². The van der Waals surface area contributed by atoms with Crippen LogP contribution in [0.1, 0.15) is 22.7 Å². The number of thiophene rings is 1. The Balaban J connectivity index is 1.58. The van der Waals surface area contributed by atoms with E-state index in [2.05, 4.69) is 15.5 Å². The number of ether oxygens (including phenoxy) is 1. The molecule has 9 heteroatoms. The predicted octanol–water partition coefficient (Wildman–Crippen LogP) is 3.08. The molecule has 2 aromatic heterocycles. The number of methoxy groups -OCH3 is 1. The van der Waals surface area contributed by atoms with Crippen molar-refractivity contribution in [3.63, 3.8) is 0 Å². The molecule has 2 heterocycles. The van der Waals surface area contributed by atoms with Crippen LogP contribution >= 0.6 is 11.3 Å². The summed E-state index contributed by atoms with van der Waals surface area (Å²) < 4.78 is 10.3. The lowest BCUT2D eigenvalue weighted by atomic mass is 10.2. The molecule has 0 unspecified atom stereocenters. The van der Waals surface area contributed by atoms with Gasteiger partial charge in [-0.3, -0.25) is 4.79 Å². The number of carbonyl (C=O) groups is 2. The van der Waals surface area contributed by atoms with Gasteiger partial charge in [-0.25, -0.2) is 4.79 Å². The number of nitrogens with zero attached hydrogens (tertiary/aromatic N) is 2. The van der Waals surface area contributed by atoms with Crippen molar-refractivity contribution in [2.45, 2.75) is 12.8 Å². The fourth-order valence-corrected chi connectivity index (χ4v) is 2.99. The third kappa shape index (κ3) is 4.06. The summed E-state index contributed by atoms with van der Waals surface area (Å²) in [5, 5.41) is 17.4. The average Bonchev–Trinajstić information content (AvgIpc) is 3.29. The van der Waals surface area contributed by atoms with Crippen molar-refractivity contribution < 1.29 is 24.0 Å². The fraction of sp³-hybridized carbons (Fsp3) is 0.176. The number of rotatable bonds is 7. The Morgan fingerprint density at radius 3 is 2.73 bits per heavy atom. The number of aromatic carboxylic acids is 1. The van der Waals surface area contributed by atoms with Crippen LogP contribution in [0.2, 0.25) is 0 Å². The van der Waals surface area contributed by atoms with Gasteiger partial charge in [-0.05, 0) is 35.7 Å². The van der Waals surface area contributed by atoms with E-state index in [-0.39, 0.29) is 24.3 Å². The maximum absolute atomic E-state index is 12.0. The summed E-state index contributed by atoms with van der Waals surface area (Å²) in [7, 11) is 1.59. The molecule has 0 saturated heterocycles. The second kappa shape index (κ2) is 7.79. The summed E-state index contributed by atoms with van der Waals surface area (Å²) >= 11 is 1.16. The SMILES string of the molecule is COc1ccc(-c2noc(CCC(=O)Nc3sccc3C(=O)O)n2)cc1. The quantitative estimate of drug-likeness (QED) is 0.654. The Morgan fingerprint density at radius 2 is 2.04 bits per heavy atom. The standard InChI is InChI=1S/C17H15N3O5S/c1-24-11-4-2-10(3-5-11)15-19-14(25-20-15)7-6-13(21)18-16-12(17(22)23)8-9-26-16/h2-5,8-9H,6-7H2,1H3,(H,18,21)(H,22,23). The molecule has 0 aliphatic carbocycles. The molecule has 2 N–H and O–H groups in total. The van der Waals surface area contributed by atoms with Crippen molar-refractivity contribution in [3.05, 3.63) is 47.2 Å². The number of nitrogens with one attached hydrogen (secondary N) is 1. The minimum Gasteiger partial charge on any atom is -0.497 e. The van der Waals surface area contributed by atoms with Crippen molar-refractivity contribution in [2.24, 2.45) is 0 Å². The van der Waals surface area contributed by atoms with Crippen molar-refractivity contribution in [2.75, 3.05) is 12.4 Å². The summed E-state index contributed by atoms with van der Waals surface area (Å²) in [6, 6.07) is 8.65. The van der Waals surface area contributed by atoms with Crippen LogP contribution in [0, 0.1) is 0 Å². The van der Waals surface area contributed by atoms with Crippen molar-refractivity contribution in [1.29, 1.82) is 0 Å². The van der Waals surface area contributed by atoms with Gasteiger partial charge in [0, 0.05) is 18.4 Å². The molecule has 0 atom stereocenters. The molecular formula is C17H15N3O5S. The van der Waals surface area contributed by atoms with Crippen molar-refractivity contribution in [1.82, 2.24) is 10.1 Å². The monoisotopic (exact) mass is 373 g/mol. The molecule has 0 spiro atoms. The highest BCUT2D eigenvalue weighted by Crippen LogP contribution is 2.23. The smallest absolute Gasteiger partial charge is 0.338 e. The molecule has 0 aliphatic heterocycles. The van der Waals surface area contributed by atoms with Crippen LogP contribution in [-0.2, 0) is 11.2 Å². The van der Waals surface area contributed by atoms with E-state index in [4.69, 9.17) is 14.4 Å². The summed E-state index contributed by atoms with van der Waals surface area (Å²) in [6.45, 7) is 0. The Morgan fingerprint density at radius 1 is 1.27 bits per heavy atom. The van der Waals surface area contributed by atoms with E-state index in [0.29, 0.717) is 16.7 Å². The van der Waals surface area contributed by atoms with E-state index in [1.54, 1.807) is 24.6 Å². The van der Waals surface area contributed by atoms with E-state index >= 15 is 0 Å². The normalized spacial score (nSPS) is 10.5. The fourth-order valence-electron chi connectivity index (χ4n) is 2.20. The first-order chi connectivity index (χ1) is 12.6. The van der Waals surface area contributed by atoms with Crippen LogP contribution in [-0.4, -0.2) is 34.2 Å².